The molecule has 0 unspecified atom stereocenters. The van der Waals surface area contributed by atoms with Crippen LogP contribution in [0.5, 0.6) is 0 Å². The van der Waals surface area contributed by atoms with Crippen molar-refractivity contribution >= 4 is 23.5 Å². The number of carboxylic acid groups (broad SMARTS) is 2. The number of hydrogen-bond donors (Lipinski definition) is 2. The number of ketones is 2. The number of carbonyl (C=O) groups is 4. The number of aliphatic carboxylic acids is 1. The van der Waals surface area contributed by atoms with Crippen LogP contribution < -0.4 is 0 Å². The number of benzene rings is 2. The van der Waals surface area contributed by atoms with Crippen molar-refractivity contribution in [2.45, 2.75) is 6.92 Å². The zero-order valence-corrected chi connectivity index (χ0v) is 12.1. The summed E-state index contributed by atoms with van der Waals surface area (Å²) in [5.74, 6) is -2.52. The fourth-order valence-corrected chi connectivity index (χ4v) is 2.23. The first-order valence-corrected chi connectivity index (χ1v) is 6.58. The van der Waals surface area contributed by atoms with Gasteiger partial charge < -0.3 is 10.2 Å². The van der Waals surface area contributed by atoms with Gasteiger partial charge >= 0.3 is 5.97 Å². The molecule has 0 amide bonds. The number of hydrogen-bond acceptors (Lipinski definition) is 4. The van der Waals surface area contributed by atoms with Crippen molar-refractivity contribution < 1.29 is 29.4 Å². The predicted molar refractivity (Wildman–Crippen MR) is 80.0 cm³/mol. The summed E-state index contributed by atoms with van der Waals surface area (Å²) < 4.78 is 0. The second-order valence-electron chi connectivity index (χ2n) is 4.79. The minimum absolute atomic E-state index is 0.000666. The number of carbonyl (C=O) groups excluding carboxylic acids is 2. The average molecular weight is 312 g/mol. The van der Waals surface area contributed by atoms with Crippen molar-refractivity contribution in [2.75, 3.05) is 0 Å². The second-order valence-corrected chi connectivity index (χ2v) is 4.79. The summed E-state index contributed by atoms with van der Waals surface area (Å²) in [6.07, 6.45) is 0. The zero-order chi connectivity index (χ0) is 17.1. The van der Waals surface area contributed by atoms with Crippen LogP contribution in [0.3, 0.4) is 0 Å². The third-order valence-corrected chi connectivity index (χ3v) is 3.17. The molecule has 0 atom stereocenters. The molecule has 0 spiro atoms. The average Bonchev–Trinajstić information content (AvgIpc) is 2.51. The minimum Gasteiger partial charge on any atom is -0.481 e. The van der Waals surface area contributed by atoms with Gasteiger partial charge in [0.15, 0.2) is 11.6 Å². The van der Waals surface area contributed by atoms with Crippen LogP contribution in [0.1, 0.15) is 49.1 Å². The van der Waals surface area contributed by atoms with Crippen LogP contribution in [0.4, 0.5) is 0 Å². The maximum Gasteiger partial charge on any atom is 0.335 e. The summed E-state index contributed by atoms with van der Waals surface area (Å²) in [6, 6.07) is 10.5. The molecule has 1 aliphatic carbocycles. The van der Waals surface area contributed by atoms with Crippen LogP contribution in [-0.2, 0) is 4.79 Å². The highest BCUT2D eigenvalue weighted by atomic mass is 16.4. The van der Waals surface area contributed by atoms with E-state index in [1.54, 1.807) is 24.3 Å². The molecule has 0 aromatic heterocycles. The Hall–Kier alpha value is -3.28. The molecule has 6 heteroatoms. The van der Waals surface area contributed by atoms with E-state index in [-0.39, 0.29) is 28.3 Å². The van der Waals surface area contributed by atoms with Crippen LogP contribution in [0.2, 0.25) is 0 Å². The van der Waals surface area contributed by atoms with Crippen LogP contribution >= 0.6 is 0 Å². The van der Waals surface area contributed by atoms with Crippen LogP contribution in [-0.4, -0.2) is 33.7 Å². The molecule has 0 aliphatic heterocycles. The maximum absolute atomic E-state index is 12.3. The molecule has 0 fully saturated rings. The highest BCUT2D eigenvalue weighted by Crippen LogP contribution is 2.27. The van der Waals surface area contributed by atoms with Crippen molar-refractivity contribution in [1.82, 2.24) is 0 Å². The number of rotatable bonds is 1. The lowest BCUT2D eigenvalue weighted by Crippen LogP contribution is -2.21. The predicted octanol–water partition coefficient (Wildman–Crippen LogP) is 2.25. The van der Waals surface area contributed by atoms with Crippen LogP contribution in [0.15, 0.2) is 42.5 Å². The summed E-state index contributed by atoms with van der Waals surface area (Å²) in [4.78, 5) is 44.4. The zero-order valence-electron chi connectivity index (χ0n) is 12.1. The fourth-order valence-electron chi connectivity index (χ4n) is 2.23. The van der Waals surface area contributed by atoms with Gasteiger partial charge in [-0.1, -0.05) is 24.3 Å². The standard InChI is InChI=1S/C15H8O4.C2H4O2/c16-13-9-3-1-2-4-10(9)14(17)12-7-8(15(18)19)5-6-11(12)13;1-2(3)4/h1-7H,(H,18,19);1H3,(H,3,4). The molecule has 0 heterocycles. The monoisotopic (exact) mass is 312 g/mol. The van der Waals surface area contributed by atoms with E-state index in [4.69, 9.17) is 15.0 Å². The van der Waals surface area contributed by atoms with E-state index in [0.717, 1.165) is 6.92 Å². The summed E-state index contributed by atoms with van der Waals surface area (Å²) in [6.45, 7) is 1.08. The van der Waals surface area contributed by atoms with E-state index < -0.39 is 11.9 Å². The summed E-state index contributed by atoms with van der Waals surface area (Å²) >= 11 is 0. The van der Waals surface area contributed by atoms with E-state index in [2.05, 4.69) is 0 Å². The molecule has 2 aromatic rings. The van der Waals surface area contributed by atoms with E-state index in [1.807, 2.05) is 0 Å². The molecule has 3 rings (SSSR count). The van der Waals surface area contributed by atoms with Gasteiger partial charge in [0.1, 0.15) is 0 Å². The lowest BCUT2D eigenvalue weighted by Gasteiger charge is -2.17. The van der Waals surface area contributed by atoms with Gasteiger partial charge in [-0.15, -0.1) is 0 Å². The lowest BCUT2D eigenvalue weighted by atomic mass is 9.83. The largest absolute Gasteiger partial charge is 0.481 e. The Bertz CT molecular complexity index is 831. The normalized spacial score (nSPS) is 11.7. The third kappa shape index (κ3) is 3.16. The Balaban J connectivity index is 0.000000433. The molecule has 0 bridgehead atoms. The van der Waals surface area contributed by atoms with Gasteiger partial charge in [-0.25, -0.2) is 4.79 Å². The number of carboxylic acids is 2. The first kappa shape index (κ1) is 16.1. The van der Waals surface area contributed by atoms with Gasteiger partial charge in [0.25, 0.3) is 5.97 Å². The molecule has 1 aliphatic rings. The summed E-state index contributed by atoms with van der Waals surface area (Å²) in [5, 5.41) is 16.4. The van der Waals surface area contributed by atoms with Crippen LogP contribution in [0.25, 0.3) is 0 Å². The van der Waals surface area contributed by atoms with Crippen molar-refractivity contribution in [2.24, 2.45) is 0 Å². The molecule has 2 aromatic carbocycles. The van der Waals surface area contributed by atoms with E-state index in [0.29, 0.717) is 11.1 Å². The number of fused-ring (bicyclic) bond motifs is 2. The first-order valence-electron chi connectivity index (χ1n) is 6.58. The quantitative estimate of drug-likeness (QED) is 0.713. The van der Waals surface area contributed by atoms with Gasteiger partial charge in [-0.3, -0.25) is 14.4 Å². The Morgan fingerprint density at radius 3 is 1.70 bits per heavy atom. The molecule has 0 radical (unpaired) electrons. The molecule has 2 N–H and O–H groups in total. The smallest absolute Gasteiger partial charge is 0.335 e. The second kappa shape index (κ2) is 6.23. The minimum atomic E-state index is -1.12. The van der Waals surface area contributed by atoms with Gasteiger partial charge in [0, 0.05) is 29.2 Å². The topological polar surface area (TPSA) is 109 Å². The molecule has 116 valence electrons. The van der Waals surface area contributed by atoms with Crippen molar-refractivity contribution in [3.8, 4) is 0 Å². The van der Waals surface area contributed by atoms with Crippen molar-refractivity contribution in [1.29, 1.82) is 0 Å². The van der Waals surface area contributed by atoms with Crippen molar-refractivity contribution in [3.05, 3.63) is 70.3 Å². The fraction of sp³-hybridized carbons (Fsp3) is 0.0588. The third-order valence-electron chi connectivity index (χ3n) is 3.17. The SMILES string of the molecule is CC(=O)O.O=C(O)c1ccc2c(c1)C(=O)c1ccccc1C2=O. The molecular formula is C17H12O6. The Morgan fingerprint density at radius 2 is 1.22 bits per heavy atom. The summed E-state index contributed by atoms with van der Waals surface area (Å²) in [5.41, 5.74) is 1.10. The van der Waals surface area contributed by atoms with E-state index in [1.165, 1.54) is 18.2 Å². The Morgan fingerprint density at radius 1 is 0.783 bits per heavy atom. The molecule has 0 saturated heterocycles. The first-order chi connectivity index (χ1) is 10.8. The van der Waals surface area contributed by atoms with Crippen LogP contribution in [0, 0.1) is 0 Å². The Labute approximate surface area is 131 Å². The molecule has 0 saturated carbocycles. The lowest BCUT2D eigenvalue weighted by molar-refractivity contribution is -0.134. The van der Waals surface area contributed by atoms with Gasteiger partial charge in [0.05, 0.1) is 5.56 Å². The van der Waals surface area contributed by atoms with Gasteiger partial charge in [-0.2, -0.15) is 0 Å². The van der Waals surface area contributed by atoms with E-state index in [9.17, 15) is 14.4 Å². The maximum atomic E-state index is 12.3. The highest BCUT2D eigenvalue weighted by molar-refractivity contribution is 6.28. The van der Waals surface area contributed by atoms with Gasteiger partial charge in [0.2, 0.25) is 0 Å². The summed E-state index contributed by atoms with van der Waals surface area (Å²) in [7, 11) is 0. The van der Waals surface area contributed by atoms with Crippen molar-refractivity contribution in [3.63, 3.8) is 0 Å². The molecular weight excluding hydrogens is 300 g/mol. The van der Waals surface area contributed by atoms with Gasteiger partial charge in [-0.05, 0) is 18.2 Å². The number of aromatic carboxylic acids is 1. The van der Waals surface area contributed by atoms with E-state index >= 15 is 0 Å². The highest BCUT2D eigenvalue weighted by Gasteiger charge is 2.29. The molecule has 6 nitrogen and oxygen atoms in total. The Kier molecular flexibility index (Phi) is 4.36. The molecule has 23 heavy (non-hydrogen) atoms.